The molecule has 4 nitrogen and oxygen atoms in total. The zero-order valence-electron chi connectivity index (χ0n) is 10.6. The molecule has 1 saturated heterocycles. The fourth-order valence-corrected chi connectivity index (χ4v) is 2.03. The van der Waals surface area contributed by atoms with Gasteiger partial charge in [0.25, 0.3) is 0 Å². The SMILES string of the molecule is CCOc1ccc(OC(=O)C2CCNCC2)cc1. The molecule has 98 valence electrons. The smallest absolute Gasteiger partial charge is 0.314 e. The molecule has 1 N–H and O–H groups in total. The normalized spacial score (nSPS) is 16.3. The molecular weight excluding hydrogens is 230 g/mol. The summed E-state index contributed by atoms with van der Waals surface area (Å²) in [5.74, 6) is 1.28. The first-order chi connectivity index (χ1) is 8.79. The summed E-state index contributed by atoms with van der Waals surface area (Å²) in [4.78, 5) is 11.9. The van der Waals surface area contributed by atoms with Crippen LogP contribution in [0.2, 0.25) is 0 Å². The first-order valence-electron chi connectivity index (χ1n) is 6.45. The van der Waals surface area contributed by atoms with Crippen LogP contribution in [0, 0.1) is 5.92 Å². The van der Waals surface area contributed by atoms with Crippen molar-refractivity contribution in [3.8, 4) is 11.5 Å². The average Bonchev–Trinajstić information content (AvgIpc) is 2.42. The topological polar surface area (TPSA) is 47.6 Å². The van der Waals surface area contributed by atoms with Crippen molar-refractivity contribution >= 4 is 5.97 Å². The zero-order chi connectivity index (χ0) is 12.8. The lowest BCUT2D eigenvalue weighted by molar-refractivity contribution is -0.139. The van der Waals surface area contributed by atoms with Gasteiger partial charge in [0.1, 0.15) is 11.5 Å². The fourth-order valence-electron chi connectivity index (χ4n) is 2.03. The molecular formula is C14H19NO3. The molecule has 1 heterocycles. The number of carbonyl (C=O) groups is 1. The maximum atomic E-state index is 11.9. The van der Waals surface area contributed by atoms with Crippen molar-refractivity contribution in [3.05, 3.63) is 24.3 Å². The second-order valence-electron chi connectivity index (χ2n) is 4.35. The van der Waals surface area contributed by atoms with Crippen LogP contribution in [-0.4, -0.2) is 25.7 Å². The fraction of sp³-hybridized carbons (Fsp3) is 0.500. The molecule has 0 unspecified atom stereocenters. The molecule has 0 saturated carbocycles. The van der Waals surface area contributed by atoms with Crippen LogP contribution < -0.4 is 14.8 Å². The largest absolute Gasteiger partial charge is 0.494 e. The van der Waals surface area contributed by atoms with Crippen molar-refractivity contribution in [1.82, 2.24) is 5.32 Å². The van der Waals surface area contributed by atoms with Gasteiger partial charge < -0.3 is 14.8 Å². The van der Waals surface area contributed by atoms with Crippen molar-refractivity contribution in [1.29, 1.82) is 0 Å². The molecule has 1 aromatic carbocycles. The molecule has 0 atom stereocenters. The van der Waals surface area contributed by atoms with Gasteiger partial charge in [0.05, 0.1) is 12.5 Å². The van der Waals surface area contributed by atoms with Crippen molar-refractivity contribution in [2.45, 2.75) is 19.8 Å². The Bertz CT molecular complexity index is 383. The third kappa shape index (κ3) is 3.47. The highest BCUT2D eigenvalue weighted by molar-refractivity contribution is 5.75. The molecule has 0 amide bonds. The predicted octanol–water partition coefficient (Wildman–Crippen LogP) is 1.99. The van der Waals surface area contributed by atoms with Crippen molar-refractivity contribution in [2.75, 3.05) is 19.7 Å². The lowest BCUT2D eigenvalue weighted by Crippen LogP contribution is -2.33. The van der Waals surface area contributed by atoms with Gasteiger partial charge in [-0.3, -0.25) is 4.79 Å². The summed E-state index contributed by atoms with van der Waals surface area (Å²) in [7, 11) is 0. The molecule has 0 aliphatic carbocycles. The van der Waals surface area contributed by atoms with Gasteiger partial charge >= 0.3 is 5.97 Å². The number of ether oxygens (including phenoxy) is 2. The lowest BCUT2D eigenvalue weighted by Gasteiger charge is -2.20. The average molecular weight is 249 g/mol. The van der Waals surface area contributed by atoms with Gasteiger partial charge in [0, 0.05) is 0 Å². The van der Waals surface area contributed by atoms with Gasteiger partial charge in [-0.25, -0.2) is 0 Å². The van der Waals surface area contributed by atoms with Crippen LogP contribution >= 0.6 is 0 Å². The highest BCUT2D eigenvalue weighted by atomic mass is 16.5. The number of esters is 1. The Morgan fingerprint density at radius 1 is 1.22 bits per heavy atom. The van der Waals surface area contributed by atoms with E-state index in [1.165, 1.54) is 0 Å². The number of carbonyl (C=O) groups excluding carboxylic acids is 1. The molecule has 0 bridgehead atoms. The first kappa shape index (κ1) is 12.9. The summed E-state index contributed by atoms with van der Waals surface area (Å²) in [6.07, 6.45) is 1.71. The first-order valence-corrected chi connectivity index (χ1v) is 6.45. The summed E-state index contributed by atoms with van der Waals surface area (Å²) < 4.78 is 10.7. The monoisotopic (exact) mass is 249 g/mol. The second kappa shape index (κ2) is 6.40. The second-order valence-corrected chi connectivity index (χ2v) is 4.35. The minimum Gasteiger partial charge on any atom is -0.494 e. The van der Waals surface area contributed by atoms with Crippen LogP contribution in [0.25, 0.3) is 0 Å². The van der Waals surface area contributed by atoms with E-state index >= 15 is 0 Å². The van der Waals surface area contributed by atoms with E-state index in [0.29, 0.717) is 12.4 Å². The van der Waals surface area contributed by atoms with E-state index in [4.69, 9.17) is 9.47 Å². The van der Waals surface area contributed by atoms with Crippen LogP contribution in [0.15, 0.2) is 24.3 Å². The zero-order valence-corrected chi connectivity index (χ0v) is 10.6. The van der Waals surface area contributed by atoms with Crippen LogP contribution in [0.5, 0.6) is 11.5 Å². The number of hydrogen-bond acceptors (Lipinski definition) is 4. The quantitative estimate of drug-likeness (QED) is 0.655. The highest BCUT2D eigenvalue weighted by Gasteiger charge is 2.22. The Kier molecular flexibility index (Phi) is 4.59. The van der Waals surface area contributed by atoms with E-state index in [1.54, 1.807) is 12.1 Å². The van der Waals surface area contributed by atoms with Gasteiger partial charge in [0.15, 0.2) is 0 Å². The van der Waals surface area contributed by atoms with Crippen LogP contribution in [0.1, 0.15) is 19.8 Å². The van der Waals surface area contributed by atoms with Crippen LogP contribution in [0.3, 0.4) is 0 Å². The van der Waals surface area contributed by atoms with Gasteiger partial charge in [-0.05, 0) is 57.1 Å². The summed E-state index contributed by atoms with van der Waals surface area (Å²) in [5, 5.41) is 3.23. The molecule has 1 aliphatic rings. The predicted molar refractivity (Wildman–Crippen MR) is 68.8 cm³/mol. The molecule has 0 spiro atoms. The third-order valence-electron chi connectivity index (χ3n) is 3.03. The maximum Gasteiger partial charge on any atom is 0.314 e. The number of nitrogens with one attached hydrogen (secondary N) is 1. The number of hydrogen-bond donors (Lipinski definition) is 1. The van der Waals surface area contributed by atoms with E-state index in [0.717, 1.165) is 31.7 Å². The Labute approximate surface area is 107 Å². The molecule has 1 aromatic rings. The summed E-state index contributed by atoms with van der Waals surface area (Å²) >= 11 is 0. The minimum atomic E-state index is -0.124. The van der Waals surface area contributed by atoms with E-state index < -0.39 is 0 Å². The van der Waals surface area contributed by atoms with Crippen molar-refractivity contribution in [3.63, 3.8) is 0 Å². The highest BCUT2D eigenvalue weighted by Crippen LogP contribution is 2.20. The number of benzene rings is 1. The van der Waals surface area contributed by atoms with Gasteiger partial charge in [-0.15, -0.1) is 0 Å². The standard InChI is InChI=1S/C14H19NO3/c1-2-17-12-3-5-13(6-4-12)18-14(16)11-7-9-15-10-8-11/h3-6,11,15H,2,7-10H2,1H3. The summed E-state index contributed by atoms with van der Waals surface area (Å²) in [5.41, 5.74) is 0. The molecule has 18 heavy (non-hydrogen) atoms. The van der Waals surface area contributed by atoms with Crippen molar-refractivity contribution < 1.29 is 14.3 Å². The van der Waals surface area contributed by atoms with Gasteiger partial charge in [-0.1, -0.05) is 0 Å². The summed E-state index contributed by atoms with van der Waals surface area (Å²) in [6, 6.07) is 7.16. The molecule has 0 radical (unpaired) electrons. The Balaban J connectivity index is 1.89. The Morgan fingerprint density at radius 3 is 2.44 bits per heavy atom. The molecule has 1 aliphatic heterocycles. The van der Waals surface area contributed by atoms with Crippen LogP contribution in [-0.2, 0) is 4.79 Å². The molecule has 0 aromatic heterocycles. The number of rotatable bonds is 4. The van der Waals surface area contributed by atoms with E-state index in [1.807, 2.05) is 19.1 Å². The Morgan fingerprint density at radius 2 is 1.83 bits per heavy atom. The van der Waals surface area contributed by atoms with Crippen LogP contribution in [0.4, 0.5) is 0 Å². The molecule has 2 rings (SSSR count). The molecule has 1 fully saturated rings. The van der Waals surface area contributed by atoms with E-state index in [-0.39, 0.29) is 11.9 Å². The van der Waals surface area contributed by atoms with Gasteiger partial charge in [0.2, 0.25) is 0 Å². The maximum absolute atomic E-state index is 11.9. The molecule has 4 heteroatoms. The van der Waals surface area contributed by atoms with E-state index in [9.17, 15) is 4.79 Å². The third-order valence-corrected chi connectivity index (χ3v) is 3.03. The lowest BCUT2D eigenvalue weighted by atomic mass is 9.98. The minimum absolute atomic E-state index is 0.0258. The summed E-state index contributed by atoms with van der Waals surface area (Å²) in [6.45, 7) is 4.35. The Hall–Kier alpha value is -1.55. The van der Waals surface area contributed by atoms with Crippen molar-refractivity contribution in [2.24, 2.45) is 5.92 Å². The van der Waals surface area contributed by atoms with Gasteiger partial charge in [-0.2, -0.15) is 0 Å². The number of piperidine rings is 1. The van der Waals surface area contributed by atoms with E-state index in [2.05, 4.69) is 5.32 Å².